The summed E-state index contributed by atoms with van der Waals surface area (Å²) in [6.07, 6.45) is 1.25. The Morgan fingerprint density at radius 3 is 2.05 bits per heavy atom. The van der Waals surface area contributed by atoms with Crippen LogP contribution in [0.3, 0.4) is 0 Å². The van der Waals surface area contributed by atoms with E-state index < -0.39 is 0 Å². The Kier molecular flexibility index (Phi) is 6.08. The molecule has 2 aromatic rings. The number of aryl methyl sites for hydroxylation is 1. The summed E-state index contributed by atoms with van der Waals surface area (Å²) >= 11 is 0. The summed E-state index contributed by atoms with van der Waals surface area (Å²) < 4.78 is 0. The fourth-order valence-electron chi connectivity index (χ4n) is 2.02. The maximum atomic E-state index is 4.08. The number of hydrogen-bond acceptors (Lipinski definition) is 0. The van der Waals surface area contributed by atoms with E-state index in [0.29, 0.717) is 0 Å². The molecule has 0 aliphatic heterocycles. The molecule has 0 aromatic heterocycles. The van der Waals surface area contributed by atoms with Crippen LogP contribution >= 0.6 is 0 Å². The highest BCUT2D eigenvalue weighted by Crippen LogP contribution is 2.14. The van der Waals surface area contributed by atoms with Crippen molar-refractivity contribution in [1.82, 2.24) is 0 Å². The summed E-state index contributed by atoms with van der Waals surface area (Å²) in [5, 5.41) is 2.32. The molecule has 100 valence electrons. The van der Waals surface area contributed by atoms with E-state index in [1.807, 2.05) is 6.07 Å². The predicted octanol–water partition coefficient (Wildman–Crippen LogP) is 4.04. The van der Waals surface area contributed by atoms with Crippen molar-refractivity contribution in [3.63, 3.8) is 0 Å². The topological polar surface area (TPSA) is 0 Å². The molecular weight excluding hydrogens is 228 g/mol. The molecule has 0 heteroatoms. The molecule has 0 aliphatic carbocycles. The van der Waals surface area contributed by atoms with Crippen LogP contribution in [0, 0.1) is 6.92 Å². The SMILES string of the molecule is C=c1cccc/c1=C(\C)c1ccccc1C.CCC. The number of benzene rings is 2. The van der Waals surface area contributed by atoms with E-state index in [4.69, 9.17) is 0 Å². The largest absolute Gasteiger partial charge is 0.0911 e. The lowest BCUT2D eigenvalue weighted by atomic mass is 9.99. The van der Waals surface area contributed by atoms with Gasteiger partial charge in [0.2, 0.25) is 0 Å². The molecule has 0 nitrogen and oxygen atoms in total. The smallest absolute Gasteiger partial charge is 0.0155 e. The van der Waals surface area contributed by atoms with Crippen molar-refractivity contribution in [3.8, 4) is 0 Å². The second kappa shape index (κ2) is 7.58. The van der Waals surface area contributed by atoms with Gasteiger partial charge in [-0.15, -0.1) is 0 Å². The highest BCUT2D eigenvalue weighted by atomic mass is 14.0. The molecule has 0 atom stereocenters. The highest BCUT2D eigenvalue weighted by molar-refractivity contribution is 5.66. The van der Waals surface area contributed by atoms with Crippen molar-refractivity contribution >= 4 is 12.2 Å². The molecule has 0 aliphatic rings. The molecule has 0 saturated carbocycles. The van der Waals surface area contributed by atoms with Crippen LogP contribution < -0.4 is 10.4 Å². The van der Waals surface area contributed by atoms with Crippen LogP contribution in [0.5, 0.6) is 0 Å². The minimum Gasteiger partial charge on any atom is -0.0911 e. The van der Waals surface area contributed by atoms with Gasteiger partial charge >= 0.3 is 0 Å². The van der Waals surface area contributed by atoms with Crippen LogP contribution in [0.2, 0.25) is 0 Å². The lowest BCUT2D eigenvalue weighted by molar-refractivity contribution is 1.09. The van der Waals surface area contributed by atoms with Gasteiger partial charge in [-0.1, -0.05) is 75.4 Å². The van der Waals surface area contributed by atoms with E-state index >= 15 is 0 Å². The first-order valence-electron chi connectivity index (χ1n) is 6.92. The Balaban J connectivity index is 0.000000550. The Morgan fingerprint density at radius 1 is 0.947 bits per heavy atom. The van der Waals surface area contributed by atoms with Gasteiger partial charge in [-0.2, -0.15) is 0 Å². The summed E-state index contributed by atoms with van der Waals surface area (Å²) in [5.74, 6) is 0. The van der Waals surface area contributed by atoms with Gasteiger partial charge in [-0.3, -0.25) is 0 Å². The first-order valence-corrected chi connectivity index (χ1v) is 6.92. The molecule has 0 saturated heterocycles. The Hall–Kier alpha value is -1.82. The third kappa shape index (κ3) is 4.10. The summed E-state index contributed by atoms with van der Waals surface area (Å²) in [7, 11) is 0. The van der Waals surface area contributed by atoms with E-state index in [1.165, 1.54) is 28.3 Å². The van der Waals surface area contributed by atoms with Crippen molar-refractivity contribution in [2.45, 2.75) is 34.1 Å². The van der Waals surface area contributed by atoms with Crippen LogP contribution in [-0.2, 0) is 0 Å². The minimum atomic E-state index is 1.09. The average Bonchev–Trinajstić information content (AvgIpc) is 2.40. The van der Waals surface area contributed by atoms with Crippen molar-refractivity contribution in [2.75, 3.05) is 0 Å². The highest BCUT2D eigenvalue weighted by Gasteiger charge is 1.99. The van der Waals surface area contributed by atoms with Crippen molar-refractivity contribution in [1.29, 1.82) is 0 Å². The standard InChI is InChI=1S/C16H16.C3H8/c1-12-8-4-6-10-15(12)14(3)16-11-7-5-9-13(16)2;1-3-2/h4-11H,1H2,2-3H3;3H2,1-2H3/b15-14-;. The molecule has 0 N–H and O–H groups in total. The van der Waals surface area contributed by atoms with Crippen molar-refractivity contribution in [2.24, 2.45) is 0 Å². The lowest BCUT2D eigenvalue weighted by Gasteiger charge is -2.06. The monoisotopic (exact) mass is 252 g/mol. The Bertz CT molecular complexity index is 620. The van der Waals surface area contributed by atoms with Gasteiger partial charge in [0.1, 0.15) is 0 Å². The molecule has 19 heavy (non-hydrogen) atoms. The molecule has 0 spiro atoms. The zero-order chi connectivity index (χ0) is 14.3. The molecule has 0 heterocycles. The molecule has 0 fully saturated rings. The van der Waals surface area contributed by atoms with E-state index in [0.717, 1.165) is 5.22 Å². The fourth-order valence-corrected chi connectivity index (χ4v) is 2.02. The quantitative estimate of drug-likeness (QED) is 0.718. The van der Waals surface area contributed by atoms with Crippen LogP contribution in [0.15, 0.2) is 48.5 Å². The van der Waals surface area contributed by atoms with E-state index in [2.05, 4.69) is 76.7 Å². The third-order valence-corrected chi connectivity index (χ3v) is 2.97. The molecule has 0 unspecified atom stereocenters. The van der Waals surface area contributed by atoms with Crippen LogP contribution in [-0.4, -0.2) is 0 Å². The van der Waals surface area contributed by atoms with Gasteiger partial charge < -0.3 is 0 Å². The summed E-state index contributed by atoms with van der Waals surface area (Å²) in [6, 6.07) is 16.7. The Labute approximate surface area is 117 Å². The molecule has 2 aromatic carbocycles. The van der Waals surface area contributed by atoms with Gasteiger partial charge in [0.15, 0.2) is 0 Å². The lowest BCUT2D eigenvalue weighted by Crippen LogP contribution is -2.24. The zero-order valence-corrected chi connectivity index (χ0v) is 12.5. The fraction of sp³-hybridized carbons (Fsp3) is 0.263. The van der Waals surface area contributed by atoms with Crippen molar-refractivity contribution in [3.05, 3.63) is 70.1 Å². The zero-order valence-electron chi connectivity index (χ0n) is 12.5. The third-order valence-electron chi connectivity index (χ3n) is 2.97. The molecule has 0 amide bonds. The molecule has 2 rings (SSSR count). The van der Waals surface area contributed by atoms with Gasteiger partial charge in [-0.25, -0.2) is 0 Å². The number of rotatable bonds is 1. The first-order chi connectivity index (χ1) is 9.11. The van der Waals surface area contributed by atoms with E-state index in [1.54, 1.807) is 0 Å². The molecule has 0 bridgehead atoms. The maximum absolute atomic E-state index is 4.08. The minimum absolute atomic E-state index is 1.09. The summed E-state index contributed by atoms with van der Waals surface area (Å²) in [5.41, 5.74) is 3.91. The van der Waals surface area contributed by atoms with E-state index in [-0.39, 0.29) is 0 Å². The Morgan fingerprint density at radius 2 is 1.47 bits per heavy atom. The van der Waals surface area contributed by atoms with Gasteiger partial charge in [0.25, 0.3) is 0 Å². The molecule has 0 radical (unpaired) electrons. The second-order valence-electron chi connectivity index (χ2n) is 4.80. The van der Waals surface area contributed by atoms with E-state index in [9.17, 15) is 0 Å². The summed E-state index contributed by atoms with van der Waals surface area (Å²) in [4.78, 5) is 0. The van der Waals surface area contributed by atoms with Gasteiger partial charge in [0.05, 0.1) is 0 Å². The van der Waals surface area contributed by atoms with Gasteiger partial charge in [0, 0.05) is 0 Å². The summed E-state index contributed by atoms with van der Waals surface area (Å²) in [6.45, 7) is 12.6. The van der Waals surface area contributed by atoms with Crippen molar-refractivity contribution < 1.29 is 0 Å². The first kappa shape index (κ1) is 15.2. The number of hydrogen-bond donors (Lipinski definition) is 0. The van der Waals surface area contributed by atoms with Crippen LogP contribution in [0.4, 0.5) is 0 Å². The molecular formula is C19H24. The maximum Gasteiger partial charge on any atom is -0.0155 e. The van der Waals surface area contributed by atoms with Crippen LogP contribution in [0.1, 0.15) is 38.3 Å². The predicted molar refractivity (Wildman–Crippen MR) is 86.5 cm³/mol. The normalized spacial score (nSPS) is 11.4. The average molecular weight is 252 g/mol. The van der Waals surface area contributed by atoms with Gasteiger partial charge in [-0.05, 0) is 41.0 Å². The van der Waals surface area contributed by atoms with Crippen LogP contribution in [0.25, 0.3) is 12.2 Å². The second-order valence-corrected chi connectivity index (χ2v) is 4.80.